The van der Waals surface area contributed by atoms with Crippen LogP contribution in [0.3, 0.4) is 0 Å². The molecule has 11 atom stereocenters. The highest BCUT2D eigenvalue weighted by Crippen LogP contribution is 2.27. The molecule has 0 saturated carbocycles. The summed E-state index contributed by atoms with van der Waals surface area (Å²) < 4.78 is 33.9. The van der Waals surface area contributed by atoms with Crippen LogP contribution in [0.25, 0.3) is 0 Å². The first kappa shape index (κ1) is 75.6. The summed E-state index contributed by atoms with van der Waals surface area (Å²) in [6.45, 7) is 2.69. The van der Waals surface area contributed by atoms with Gasteiger partial charge in [-0.1, -0.05) is 290 Å². The second kappa shape index (κ2) is 52.8. The monoisotopic (exact) mass is 1160 g/mol. The van der Waals surface area contributed by atoms with E-state index in [4.69, 9.17) is 28.4 Å². The second-order valence-electron chi connectivity index (χ2n) is 24.4. The Labute approximate surface area is 493 Å². The SMILES string of the molecule is CCCCCCCCCCCCCCCCCCCCCCCCCC(=O)OC(COC(=O)CCCCCCCCCCCCCCCCCCCCCCCC)COC1OC(COC2OC(CO)C(O)C(O)C2O)C(O)C(O)C1O. The van der Waals surface area contributed by atoms with Crippen molar-refractivity contribution in [3.8, 4) is 0 Å². The molecular formula is C66H126O15. The summed E-state index contributed by atoms with van der Waals surface area (Å²) in [6, 6.07) is 0. The molecule has 2 saturated heterocycles. The molecule has 2 rings (SSSR count). The van der Waals surface area contributed by atoms with Crippen LogP contribution in [0.4, 0.5) is 0 Å². The van der Waals surface area contributed by atoms with E-state index in [1.165, 1.54) is 238 Å². The Morgan fingerprint density at radius 1 is 0.346 bits per heavy atom. The van der Waals surface area contributed by atoms with Crippen LogP contribution >= 0.6 is 0 Å². The summed E-state index contributed by atoms with van der Waals surface area (Å²) in [5.41, 5.74) is 0. The third-order valence-electron chi connectivity index (χ3n) is 16.8. The van der Waals surface area contributed by atoms with E-state index in [-0.39, 0.29) is 26.1 Å². The second-order valence-corrected chi connectivity index (χ2v) is 24.4. The van der Waals surface area contributed by atoms with Crippen LogP contribution in [0.5, 0.6) is 0 Å². The summed E-state index contributed by atoms with van der Waals surface area (Å²) in [5, 5.41) is 72.5. The average molecular weight is 1160 g/mol. The summed E-state index contributed by atoms with van der Waals surface area (Å²) in [7, 11) is 0. The predicted octanol–water partition coefficient (Wildman–Crippen LogP) is 13.5. The zero-order valence-corrected chi connectivity index (χ0v) is 51.8. The van der Waals surface area contributed by atoms with Crippen LogP contribution < -0.4 is 0 Å². The molecule has 11 unspecified atom stereocenters. The maximum atomic E-state index is 13.1. The van der Waals surface area contributed by atoms with Crippen molar-refractivity contribution < 1.29 is 73.8 Å². The van der Waals surface area contributed by atoms with E-state index in [1.54, 1.807) is 0 Å². The minimum absolute atomic E-state index is 0.175. The lowest BCUT2D eigenvalue weighted by Gasteiger charge is -2.42. The van der Waals surface area contributed by atoms with Gasteiger partial charge < -0.3 is 64.2 Å². The molecule has 0 bridgehead atoms. The summed E-state index contributed by atoms with van der Waals surface area (Å²) in [5.74, 6) is -0.897. The average Bonchev–Trinajstić information content (AvgIpc) is 3.47. The fraction of sp³-hybridized carbons (Fsp3) is 0.970. The standard InChI is InChI=1S/C66H126O15/c1-3-5-7-9-11-13-15-17-19-21-23-25-27-29-31-33-35-37-39-41-43-45-47-49-58(69)79-54(52-77-65-64(75)62(73)60(71)56(81-65)53-78-66-63(74)61(72)59(70)55(50-67)80-66)51-76-57(68)48-46-44-42-40-38-36-34-32-30-28-26-24-22-20-18-16-14-12-10-8-6-4-2/h54-56,59-67,70-75H,3-53H2,1-2H3. The van der Waals surface area contributed by atoms with Gasteiger partial charge >= 0.3 is 11.9 Å². The van der Waals surface area contributed by atoms with E-state index in [0.29, 0.717) is 12.8 Å². The largest absolute Gasteiger partial charge is 0.462 e. The van der Waals surface area contributed by atoms with E-state index in [0.717, 1.165) is 38.5 Å². The van der Waals surface area contributed by atoms with Crippen LogP contribution in [-0.4, -0.2) is 142 Å². The van der Waals surface area contributed by atoms with Crippen LogP contribution in [0.2, 0.25) is 0 Å². The fourth-order valence-corrected chi connectivity index (χ4v) is 11.3. The van der Waals surface area contributed by atoms with Gasteiger partial charge in [-0.2, -0.15) is 0 Å². The zero-order valence-electron chi connectivity index (χ0n) is 51.8. The normalized spacial score (nSPS) is 23.5. The molecule has 0 amide bonds. The zero-order chi connectivity index (χ0) is 58.8. The molecule has 2 aliphatic heterocycles. The molecule has 15 heteroatoms. The Kier molecular flexibility index (Phi) is 49.3. The number of aliphatic hydroxyl groups excluding tert-OH is 7. The quantitative estimate of drug-likeness (QED) is 0.0222. The van der Waals surface area contributed by atoms with E-state index >= 15 is 0 Å². The van der Waals surface area contributed by atoms with Gasteiger partial charge in [0, 0.05) is 12.8 Å². The summed E-state index contributed by atoms with van der Waals surface area (Å²) in [4.78, 5) is 26.0. The van der Waals surface area contributed by atoms with Gasteiger partial charge in [-0.3, -0.25) is 9.59 Å². The topological polar surface area (TPSA) is 231 Å². The Bertz CT molecular complexity index is 1410. The number of carbonyl (C=O) groups excluding carboxylic acids is 2. The minimum atomic E-state index is -1.76. The van der Waals surface area contributed by atoms with Crippen molar-refractivity contribution in [2.75, 3.05) is 26.4 Å². The van der Waals surface area contributed by atoms with Crippen molar-refractivity contribution in [1.82, 2.24) is 0 Å². The molecule has 2 fully saturated rings. The first-order valence-corrected chi connectivity index (χ1v) is 34.1. The molecule has 81 heavy (non-hydrogen) atoms. The number of rotatable bonds is 57. The van der Waals surface area contributed by atoms with E-state index in [9.17, 15) is 45.3 Å². The van der Waals surface area contributed by atoms with Gasteiger partial charge in [0.2, 0.25) is 0 Å². The lowest BCUT2D eigenvalue weighted by atomic mass is 9.98. The molecule has 0 aromatic rings. The number of hydrogen-bond donors (Lipinski definition) is 7. The lowest BCUT2D eigenvalue weighted by molar-refractivity contribution is -0.332. The maximum absolute atomic E-state index is 13.1. The molecule has 0 spiro atoms. The molecule has 2 heterocycles. The van der Waals surface area contributed by atoms with Crippen molar-refractivity contribution in [1.29, 1.82) is 0 Å². The van der Waals surface area contributed by atoms with Crippen molar-refractivity contribution in [2.45, 2.75) is 383 Å². The molecule has 480 valence electrons. The molecule has 0 aromatic carbocycles. The number of hydrogen-bond acceptors (Lipinski definition) is 15. The van der Waals surface area contributed by atoms with Crippen molar-refractivity contribution in [3.05, 3.63) is 0 Å². The van der Waals surface area contributed by atoms with Crippen molar-refractivity contribution >= 4 is 11.9 Å². The van der Waals surface area contributed by atoms with E-state index < -0.39 is 92.7 Å². The predicted molar refractivity (Wildman–Crippen MR) is 322 cm³/mol. The lowest BCUT2D eigenvalue weighted by Crippen LogP contribution is -2.61. The van der Waals surface area contributed by atoms with Crippen molar-refractivity contribution in [3.63, 3.8) is 0 Å². The first-order chi connectivity index (χ1) is 39.5. The first-order valence-electron chi connectivity index (χ1n) is 34.1. The van der Waals surface area contributed by atoms with Crippen molar-refractivity contribution in [2.24, 2.45) is 0 Å². The highest BCUT2D eigenvalue weighted by Gasteiger charge is 2.47. The third kappa shape index (κ3) is 39.0. The Morgan fingerprint density at radius 2 is 0.630 bits per heavy atom. The molecule has 2 aliphatic rings. The molecule has 0 radical (unpaired) electrons. The summed E-state index contributed by atoms with van der Waals surface area (Å²) >= 11 is 0. The number of esters is 2. The fourth-order valence-electron chi connectivity index (χ4n) is 11.3. The Morgan fingerprint density at radius 3 is 0.963 bits per heavy atom. The minimum Gasteiger partial charge on any atom is -0.462 e. The molecule has 0 aromatic heterocycles. The Hall–Kier alpha value is -1.50. The van der Waals surface area contributed by atoms with Crippen LogP contribution in [0.15, 0.2) is 0 Å². The van der Waals surface area contributed by atoms with Gasteiger partial charge in [0.15, 0.2) is 18.7 Å². The third-order valence-corrected chi connectivity index (χ3v) is 16.8. The van der Waals surface area contributed by atoms with Crippen LogP contribution in [-0.2, 0) is 38.0 Å². The molecule has 7 N–H and O–H groups in total. The number of carbonyl (C=O) groups is 2. The van der Waals surface area contributed by atoms with Gasteiger partial charge in [0.05, 0.1) is 19.8 Å². The van der Waals surface area contributed by atoms with Gasteiger partial charge in [0.1, 0.15) is 55.4 Å². The Balaban J connectivity index is 1.67. The highest BCUT2D eigenvalue weighted by atomic mass is 16.7. The smallest absolute Gasteiger partial charge is 0.306 e. The maximum Gasteiger partial charge on any atom is 0.306 e. The molecular weight excluding hydrogens is 1030 g/mol. The van der Waals surface area contributed by atoms with E-state index in [2.05, 4.69) is 13.8 Å². The van der Waals surface area contributed by atoms with Crippen LogP contribution in [0, 0.1) is 0 Å². The van der Waals surface area contributed by atoms with Gasteiger partial charge in [-0.05, 0) is 12.8 Å². The highest BCUT2D eigenvalue weighted by molar-refractivity contribution is 5.70. The van der Waals surface area contributed by atoms with Gasteiger partial charge in [-0.25, -0.2) is 0 Å². The van der Waals surface area contributed by atoms with Gasteiger partial charge in [0.25, 0.3) is 0 Å². The number of aliphatic hydroxyl groups is 7. The molecule has 0 aliphatic carbocycles. The number of ether oxygens (including phenoxy) is 6. The van der Waals surface area contributed by atoms with Crippen LogP contribution in [0.1, 0.15) is 316 Å². The summed E-state index contributed by atoms with van der Waals surface area (Å²) in [6.07, 6.45) is 41.3. The molecule has 15 nitrogen and oxygen atoms in total. The number of unbranched alkanes of at least 4 members (excludes halogenated alkanes) is 43. The van der Waals surface area contributed by atoms with Gasteiger partial charge in [-0.15, -0.1) is 0 Å². The van der Waals surface area contributed by atoms with E-state index in [1.807, 2.05) is 0 Å².